The summed E-state index contributed by atoms with van der Waals surface area (Å²) >= 11 is 0. The van der Waals surface area contributed by atoms with Crippen LogP contribution < -0.4 is 0 Å². The standard InChI is InChI=1S/C3H2N2.C2H6O/c4-2-1-3-5;1-2-3/h1H2;3H,2H2,1H3. The van der Waals surface area contributed by atoms with E-state index in [1.807, 2.05) is 0 Å². The summed E-state index contributed by atoms with van der Waals surface area (Å²) < 4.78 is 0. The fourth-order valence-electron chi connectivity index (χ4n) is 0.0354. The quantitative estimate of drug-likeness (QED) is 0.493. The second-order valence-electron chi connectivity index (χ2n) is 0.809. The van der Waals surface area contributed by atoms with Crippen LogP contribution in [-0.4, -0.2) is 11.7 Å². The van der Waals surface area contributed by atoms with Crippen molar-refractivity contribution in [3.8, 4) is 12.1 Å². The molecule has 44 valence electrons. The minimum Gasteiger partial charge on any atom is -0.397 e. The smallest absolute Gasteiger partial charge is 0.122 e. The predicted octanol–water partition coefficient (Wildman–Crippen LogP) is 0.422. The number of hydrogen-bond acceptors (Lipinski definition) is 3. The van der Waals surface area contributed by atoms with Crippen LogP contribution in [0.5, 0.6) is 0 Å². The summed E-state index contributed by atoms with van der Waals surface area (Å²) in [4.78, 5) is 0. The highest BCUT2D eigenvalue weighted by molar-refractivity contribution is 4.85. The third kappa shape index (κ3) is 86.8. The highest BCUT2D eigenvalue weighted by Crippen LogP contribution is 1.59. The van der Waals surface area contributed by atoms with Gasteiger partial charge in [0.25, 0.3) is 0 Å². The zero-order chi connectivity index (χ0) is 6.83. The molecule has 0 bridgehead atoms. The first-order valence-corrected chi connectivity index (χ1v) is 2.18. The van der Waals surface area contributed by atoms with Crippen LogP contribution in [0.3, 0.4) is 0 Å². The summed E-state index contributed by atoms with van der Waals surface area (Å²) in [6.07, 6.45) is 0. The number of aliphatic hydroxyl groups is 1. The van der Waals surface area contributed by atoms with Gasteiger partial charge in [0.05, 0.1) is 12.1 Å². The van der Waals surface area contributed by atoms with Crippen molar-refractivity contribution in [2.75, 3.05) is 6.61 Å². The first kappa shape index (κ1) is 10.0. The van der Waals surface area contributed by atoms with E-state index < -0.39 is 0 Å². The van der Waals surface area contributed by atoms with Gasteiger partial charge in [-0.3, -0.25) is 0 Å². The maximum atomic E-state index is 7.59. The van der Waals surface area contributed by atoms with Crippen molar-refractivity contribution in [1.82, 2.24) is 0 Å². The molecule has 0 aliphatic heterocycles. The summed E-state index contributed by atoms with van der Waals surface area (Å²) in [6.45, 7) is 1.93. The molecule has 0 aromatic rings. The fraction of sp³-hybridized carbons (Fsp3) is 0.600. The molecule has 0 heterocycles. The lowest BCUT2D eigenvalue weighted by Gasteiger charge is -1.52. The Morgan fingerprint density at radius 1 is 1.38 bits per heavy atom. The van der Waals surface area contributed by atoms with Crippen molar-refractivity contribution in [3.05, 3.63) is 0 Å². The third-order valence-electron chi connectivity index (χ3n) is 0.158. The molecule has 8 heavy (non-hydrogen) atoms. The average molecular weight is 112 g/mol. The highest BCUT2D eigenvalue weighted by Gasteiger charge is 1.61. The van der Waals surface area contributed by atoms with E-state index in [4.69, 9.17) is 15.6 Å². The van der Waals surface area contributed by atoms with Crippen LogP contribution in [0.4, 0.5) is 0 Å². The molecule has 0 rings (SSSR count). The Balaban J connectivity index is 0. The molecule has 0 aromatic heterocycles. The molecule has 0 amide bonds. The summed E-state index contributed by atoms with van der Waals surface area (Å²) in [5, 5.41) is 22.8. The lowest BCUT2D eigenvalue weighted by atomic mass is 10.5. The molecule has 0 saturated heterocycles. The Kier molecular flexibility index (Phi) is 21.0. The molecule has 3 nitrogen and oxygen atoms in total. The molecule has 0 aliphatic rings. The monoisotopic (exact) mass is 112 g/mol. The third-order valence-corrected chi connectivity index (χ3v) is 0.158. The van der Waals surface area contributed by atoms with Gasteiger partial charge in [0.15, 0.2) is 0 Å². The average Bonchev–Trinajstić information content (AvgIpc) is 1.71. The number of nitrogens with zero attached hydrogens (tertiary/aromatic N) is 2. The molecule has 3 heteroatoms. The molecule has 0 fully saturated rings. The second kappa shape index (κ2) is 16.8. The van der Waals surface area contributed by atoms with Crippen LogP contribution in [0.1, 0.15) is 13.3 Å². The van der Waals surface area contributed by atoms with Gasteiger partial charge in [-0.15, -0.1) is 0 Å². The number of nitriles is 2. The summed E-state index contributed by atoms with van der Waals surface area (Å²) in [5.74, 6) is 0. The zero-order valence-corrected chi connectivity index (χ0v) is 4.76. The Bertz CT molecular complexity index is 86.0. The topological polar surface area (TPSA) is 67.8 Å². The number of rotatable bonds is 0. The zero-order valence-electron chi connectivity index (χ0n) is 4.76. The molecule has 0 unspecified atom stereocenters. The van der Waals surface area contributed by atoms with E-state index in [9.17, 15) is 0 Å². The van der Waals surface area contributed by atoms with Gasteiger partial charge >= 0.3 is 0 Å². The molecular weight excluding hydrogens is 104 g/mol. The van der Waals surface area contributed by atoms with E-state index in [0.717, 1.165) is 0 Å². The normalized spacial score (nSPS) is 5.00. The Morgan fingerprint density at radius 3 is 1.62 bits per heavy atom. The van der Waals surface area contributed by atoms with E-state index in [-0.39, 0.29) is 13.0 Å². The summed E-state index contributed by atoms with van der Waals surface area (Å²) in [5.41, 5.74) is 0. The second-order valence-corrected chi connectivity index (χ2v) is 0.809. The maximum Gasteiger partial charge on any atom is 0.122 e. The van der Waals surface area contributed by atoms with Gasteiger partial charge in [0.2, 0.25) is 0 Å². The van der Waals surface area contributed by atoms with Crippen LogP contribution in [0.25, 0.3) is 0 Å². The summed E-state index contributed by atoms with van der Waals surface area (Å²) in [7, 11) is 0. The van der Waals surface area contributed by atoms with Gasteiger partial charge in [-0.25, -0.2) is 0 Å². The van der Waals surface area contributed by atoms with Crippen molar-refractivity contribution in [3.63, 3.8) is 0 Å². The van der Waals surface area contributed by atoms with Crippen LogP contribution >= 0.6 is 0 Å². The Labute approximate surface area is 48.8 Å². The van der Waals surface area contributed by atoms with E-state index in [0.29, 0.717) is 0 Å². The van der Waals surface area contributed by atoms with Crippen molar-refractivity contribution >= 4 is 0 Å². The Morgan fingerprint density at radius 2 is 1.62 bits per heavy atom. The van der Waals surface area contributed by atoms with Crippen molar-refractivity contribution in [1.29, 1.82) is 10.5 Å². The molecule has 0 aliphatic carbocycles. The van der Waals surface area contributed by atoms with Crippen molar-refractivity contribution in [2.45, 2.75) is 13.3 Å². The lowest BCUT2D eigenvalue weighted by Crippen LogP contribution is -1.57. The van der Waals surface area contributed by atoms with Crippen LogP contribution in [0.2, 0.25) is 0 Å². The largest absolute Gasteiger partial charge is 0.397 e. The van der Waals surface area contributed by atoms with Gasteiger partial charge in [-0.05, 0) is 6.92 Å². The van der Waals surface area contributed by atoms with Gasteiger partial charge in [-0.1, -0.05) is 0 Å². The molecular formula is C5H8N2O. The lowest BCUT2D eigenvalue weighted by molar-refractivity contribution is 0.318. The van der Waals surface area contributed by atoms with Gasteiger partial charge in [0.1, 0.15) is 6.42 Å². The fourth-order valence-corrected chi connectivity index (χ4v) is 0.0354. The molecule has 0 atom stereocenters. The molecule has 0 aromatic carbocycles. The van der Waals surface area contributed by atoms with E-state index in [1.54, 1.807) is 19.1 Å². The molecule has 0 saturated carbocycles. The predicted molar refractivity (Wildman–Crippen MR) is 28.6 cm³/mol. The number of hydrogen-bond donors (Lipinski definition) is 1. The van der Waals surface area contributed by atoms with Crippen LogP contribution in [0, 0.1) is 22.7 Å². The maximum absolute atomic E-state index is 7.59. The number of aliphatic hydroxyl groups excluding tert-OH is 1. The Hall–Kier alpha value is -1.06. The minimum absolute atomic E-state index is 0. The highest BCUT2D eigenvalue weighted by atomic mass is 16.2. The van der Waals surface area contributed by atoms with Crippen molar-refractivity contribution < 1.29 is 5.11 Å². The first-order chi connectivity index (χ1) is 3.83. The molecule has 0 radical (unpaired) electrons. The molecule has 1 N–H and O–H groups in total. The van der Waals surface area contributed by atoms with E-state index in [2.05, 4.69) is 0 Å². The van der Waals surface area contributed by atoms with Crippen LogP contribution in [-0.2, 0) is 0 Å². The van der Waals surface area contributed by atoms with E-state index >= 15 is 0 Å². The minimum atomic E-state index is 0. The van der Waals surface area contributed by atoms with Gasteiger partial charge < -0.3 is 5.11 Å². The summed E-state index contributed by atoms with van der Waals surface area (Å²) in [6, 6.07) is 3.31. The van der Waals surface area contributed by atoms with Gasteiger partial charge in [-0.2, -0.15) is 10.5 Å². The van der Waals surface area contributed by atoms with Gasteiger partial charge in [0, 0.05) is 6.61 Å². The van der Waals surface area contributed by atoms with E-state index in [1.165, 1.54) is 0 Å². The molecule has 0 spiro atoms. The SMILES string of the molecule is CCO.N#CCC#N. The van der Waals surface area contributed by atoms with Crippen LogP contribution in [0.15, 0.2) is 0 Å². The van der Waals surface area contributed by atoms with Crippen molar-refractivity contribution in [2.24, 2.45) is 0 Å². The first-order valence-electron chi connectivity index (χ1n) is 2.18.